The maximum absolute atomic E-state index is 11.4. The van der Waals surface area contributed by atoms with Crippen molar-refractivity contribution < 1.29 is 14.3 Å². The van der Waals surface area contributed by atoms with Crippen LogP contribution < -0.4 is 10.6 Å². The van der Waals surface area contributed by atoms with E-state index in [1.807, 2.05) is 6.92 Å². The summed E-state index contributed by atoms with van der Waals surface area (Å²) in [4.78, 5) is 22.2. The number of nitrogens with one attached hydrogen (secondary N) is 2. The Labute approximate surface area is 96.0 Å². The fraction of sp³-hybridized carbons (Fsp3) is 0.600. The molecule has 16 heavy (non-hydrogen) atoms. The van der Waals surface area contributed by atoms with Gasteiger partial charge in [-0.3, -0.25) is 9.59 Å². The van der Waals surface area contributed by atoms with Gasteiger partial charge in [-0.2, -0.15) is 0 Å². The zero-order chi connectivity index (χ0) is 12.0. The molecule has 5 nitrogen and oxygen atoms in total. The molecule has 1 aliphatic rings. The van der Waals surface area contributed by atoms with E-state index in [2.05, 4.69) is 10.6 Å². The Morgan fingerprint density at radius 2 is 2.56 bits per heavy atom. The van der Waals surface area contributed by atoms with Crippen molar-refractivity contribution in [1.82, 2.24) is 10.6 Å². The molecule has 0 aromatic carbocycles. The van der Waals surface area contributed by atoms with Crippen molar-refractivity contribution in [1.29, 1.82) is 0 Å². The number of allylic oxidation sites excluding steroid dienone is 1. The molecule has 0 spiro atoms. The van der Waals surface area contributed by atoms with Crippen molar-refractivity contribution in [2.45, 2.75) is 25.5 Å². The van der Waals surface area contributed by atoms with Crippen LogP contribution >= 0.6 is 0 Å². The summed E-state index contributed by atoms with van der Waals surface area (Å²) in [6.07, 6.45) is 3.43. The first-order valence-electron chi connectivity index (χ1n) is 5.21. The third-order valence-electron chi connectivity index (χ3n) is 2.23. The van der Waals surface area contributed by atoms with Gasteiger partial charge in [0.1, 0.15) is 6.10 Å². The van der Waals surface area contributed by atoms with Gasteiger partial charge in [0.2, 0.25) is 13.8 Å². The monoisotopic (exact) mass is 222 g/mol. The molecule has 86 valence electrons. The van der Waals surface area contributed by atoms with Crippen molar-refractivity contribution in [3.05, 3.63) is 12.2 Å². The molecule has 1 aliphatic heterocycles. The Morgan fingerprint density at radius 3 is 3.12 bits per heavy atom. The highest BCUT2D eigenvalue weighted by atomic mass is 16.5. The SMILES string of the molecule is [B]C(=O)NC(/C=C/C)CC1OCCNC1=O. The summed E-state index contributed by atoms with van der Waals surface area (Å²) >= 11 is 0. The normalized spacial score (nSPS) is 22.8. The average Bonchev–Trinajstić information content (AvgIpc) is 2.21. The summed E-state index contributed by atoms with van der Waals surface area (Å²) in [7, 11) is 5.04. The number of morpholine rings is 1. The highest BCUT2D eigenvalue weighted by molar-refractivity contribution is 6.57. The van der Waals surface area contributed by atoms with Crippen LogP contribution in [-0.2, 0) is 9.53 Å². The zero-order valence-corrected chi connectivity index (χ0v) is 9.23. The first-order valence-corrected chi connectivity index (χ1v) is 5.21. The van der Waals surface area contributed by atoms with Gasteiger partial charge in [0, 0.05) is 19.0 Å². The van der Waals surface area contributed by atoms with Crippen molar-refractivity contribution >= 4 is 19.6 Å². The summed E-state index contributed by atoms with van der Waals surface area (Å²) in [5.41, 5.74) is 0. The minimum Gasteiger partial charge on any atom is -0.366 e. The van der Waals surface area contributed by atoms with Crippen LogP contribution in [0.3, 0.4) is 0 Å². The Bertz CT molecular complexity index is 294. The first kappa shape index (κ1) is 12.8. The van der Waals surface area contributed by atoms with Gasteiger partial charge < -0.3 is 15.4 Å². The molecule has 2 N–H and O–H groups in total. The van der Waals surface area contributed by atoms with Crippen molar-refractivity contribution in [3.63, 3.8) is 0 Å². The lowest BCUT2D eigenvalue weighted by Crippen LogP contribution is -2.47. The van der Waals surface area contributed by atoms with Gasteiger partial charge in [-0.25, -0.2) is 0 Å². The maximum Gasteiger partial charge on any atom is 0.249 e. The highest BCUT2D eigenvalue weighted by Gasteiger charge is 2.25. The van der Waals surface area contributed by atoms with Crippen LogP contribution in [0.4, 0.5) is 4.79 Å². The summed E-state index contributed by atoms with van der Waals surface area (Å²) in [6.45, 7) is 2.86. The van der Waals surface area contributed by atoms with E-state index >= 15 is 0 Å². The molecule has 0 aromatic heterocycles. The van der Waals surface area contributed by atoms with Crippen LogP contribution in [0.2, 0.25) is 0 Å². The molecule has 1 heterocycles. The molecular weight excluding hydrogens is 207 g/mol. The number of hydrogen-bond acceptors (Lipinski definition) is 3. The highest BCUT2D eigenvalue weighted by Crippen LogP contribution is 2.07. The number of ether oxygens (including phenoxy) is 1. The fourth-order valence-corrected chi connectivity index (χ4v) is 1.57. The lowest BCUT2D eigenvalue weighted by molar-refractivity contribution is -0.138. The minimum absolute atomic E-state index is 0.146. The number of carbonyl (C=O) groups excluding carboxylic acids is 2. The minimum atomic E-state index is -0.612. The Morgan fingerprint density at radius 1 is 1.81 bits per heavy atom. The third kappa shape index (κ3) is 4.06. The maximum atomic E-state index is 11.4. The smallest absolute Gasteiger partial charge is 0.249 e. The third-order valence-corrected chi connectivity index (χ3v) is 2.23. The molecule has 2 amide bonds. The number of rotatable bonds is 4. The topological polar surface area (TPSA) is 67.4 Å². The predicted molar refractivity (Wildman–Crippen MR) is 60.3 cm³/mol. The molecule has 0 aromatic rings. The van der Waals surface area contributed by atoms with Crippen molar-refractivity contribution in [2.24, 2.45) is 0 Å². The molecule has 1 fully saturated rings. The quantitative estimate of drug-likeness (QED) is 0.507. The van der Waals surface area contributed by atoms with Gasteiger partial charge in [0.15, 0.2) is 5.81 Å². The molecular formula is C10H15BN2O3. The van der Waals surface area contributed by atoms with E-state index in [4.69, 9.17) is 12.6 Å². The van der Waals surface area contributed by atoms with E-state index in [0.29, 0.717) is 19.6 Å². The standard InChI is InChI=1S/C10H15BN2O3/c1-2-3-7(13-10(11)15)6-8-9(14)12-4-5-16-8/h2-3,7-8H,4-6H2,1H3,(H,12,14)(H,13,15)/b3-2+. The number of amides is 2. The largest absolute Gasteiger partial charge is 0.366 e. The molecule has 2 atom stereocenters. The second-order valence-corrected chi connectivity index (χ2v) is 3.53. The molecule has 0 aliphatic carbocycles. The molecule has 0 saturated carbocycles. The molecule has 2 unspecified atom stereocenters. The summed E-state index contributed by atoms with van der Waals surface area (Å²) < 4.78 is 5.31. The van der Waals surface area contributed by atoms with E-state index in [1.54, 1.807) is 12.2 Å². The summed E-state index contributed by atoms with van der Waals surface area (Å²) in [6, 6.07) is -0.281. The van der Waals surface area contributed by atoms with Gasteiger partial charge in [-0.05, 0) is 6.92 Å². The molecule has 1 saturated heterocycles. The zero-order valence-electron chi connectivity index (χ0n) is 9.23. The van der Waals surface area contributed by atoms with Gasteiger partial charge >= 0.3 is 0 Å². The van der Waals surface area contributed by atoms with Gasteiger partial charge in [-0.1, -0.05) is 12.2 Å². The van der Waals surface area contributed by atoms with E-state index in [-0.39, 0.29) is 11.9 Å². The number of hydrogen-bond donors (Lipinski definition) is 2. The van der Waals surface area contributed by atoms with Crippen LogP contribution in [0, 0.1) is 0 Å². The van der Waals surface area contributed by atoms with E-state index in [1.165, 1.54) is 0 Å². The fourth-order valence-electron chi connectivity index (χ4n) is 1.57. The first-order chi connectivity index (χ1) is 7.63. The summed E-state index contributed by atoms with van der Waals surface area (Å²) in [5, 5.41) is 5.24. The Hall–Kier alpha value is -1.30. The van der Waals surface area contributed by atoms with Crippen LogP contribution in [-0.4, -0.2) is 44.9 Å². The molecule has 1 rings (SSSR count). The number of carbonyl (C=O) groups is 2. The van der Waals surface area contributed by atoms with Crippen LogP contribution in [0.5, 0.6) is 0 Å². The Kier molecular flexibility index (Phi) is 5.05. The van der Waals surface area contributed by atoms with E-state index in [0.717, 1.165) is 0 Å². The lowest BCUT2D eigenvalue weighted by Gasteiger charge is -2.25. The second-order valence-electron chi connectivity index (χ2n) is 3.53. The second kappa shape index (κ2) is 6.32. The predicted octanol–water partition coefficient (Wildman–Crippen LogP) is -0.286. The molecule has 6 heteroatoms. The van der Waals surface area contributed by atoms with Gasteiger partial charge in [-0.15, -0.1) is 0 Å². The van der Waals surface area contributed by atoms with E-state index < -0.39 is 11.9 Å². The summed E-state index contributed by atoms with van der Waals surface area (Å²) in [5.74, 6) is -0.758. The molecule has 0 bridgehead atoms. The molecule has 2 radical (unpaired) electrons. The van der Waals surface area contributed by atoms with Gasteiger partial charge in [0.05, 0.1) is 6.61 Å². The Balaban J connectivity index is 2.52. The van der Waals surface area contributed by atoms with Crippen molar-refractivity contribution in [3.8, 4) is 0 Å². The van der Waals surface area contributed by atoms with Crippen LogP contribution in [0.15, 0.2) is 12.2 Å². The average molecular weight is 222 g/mol. The van der Waals surface area contributed by atoms with Crippen LogP contribution in [0.25, 0.3) is 0 Å². The van der Waals surface area contributed by atoms with Crippen molar-refractivity contribution in [2.75, 3.05) is 13.2 Å². The van der Waals surface area contributed by atoms with E-state index in [9.17, 15) is 9.59 Å². The lowest BCUT2D eigenvalue weighted by atomic mass is 10.0. The van der Waals surface area contributed by atoms with Crippen LogP contribution in [0.1, 0.15) is 13.3 Å². The van der Waals surface area contributed by atoms with Gasteiger partial charge in [0.25, 0.3) is 0 Å².